The van der Waals surface area contributed by atoms with E-state index in [2.05, 4.69) is 60.7 Å². The van der Waals surface area contributed by atoms with Crippen LogP contribution >= 0.6 is 0 Å². The van der Waals surface area contributed by atoms with Crippen LogP contribution in [0.4, 0.5) is 4.79 Å². The molecular formula is C23H29N3O2. The van der Waals surface area contributed by atoms with Crippen LogP contribution in [0.3, 0.4) is 0 Å². The van der Waals surface area contributed by atoms with E-state index in [9.17, 15) is 4.79 Å². The van der Waals surface area contributed by atoms with Crippen LogP contribution in [0.2, 0.25) is 0 Å². The molecule has 1 heterocycles. The summed E-state index contributed by atoms with van der Waals surface area (Å²) in [6.07, 6.45) is 2.79. The average molecular weight is 380 g/mol. The van der Waals surface area contributed by atoms with Crippen molar-refractivity contribution in [2.75, 3.05) is 19.7 Å². The molecule has 3 aromatic rings. The van der Waals surface area contributed by atoms with Gasteiger partial charge in [0.2, 0.25) is 0 Å². The molecule has 3 rings (SSSR count). The van der Waals surface area contributed by atoms with Crippen LogP contribution in [0.25, 0.3) is 10.9 Å². The van der Waals surface area contributed by atoms with Crippen molar-refractivity contribution in [3.05, 3.63) is 65.9 Å². The third-order valence-electron chi connectivity index (χ3n) is 4.71. The molecule has 0 fully saturated rings. The second-order valence-corrected chi connectivity index (χ2v) is 7.92. The minimum Gasteiger partial charge on any atom is -0.492 e. The first-order chi connectivity index (χ1) is 13.4. The number of nitrogens with one attached hydrogen (secondary N) is 3. The Morgan fingerprint density at radius 3 is 2.64 bits per heavy atom. The number of aromatic amines is 1. The lowest BCUT2D eigenvalue weighted by atomic mass is 9.87. The summed E-state index contributed by atoms with van der Waals surface area (Å²) in [6.45, 7) is 8.00. The Bertz CT molecular complexity index is 925. The quantitative estimate of drug-likeness (QED) is 0.533. The molecule has 0 atom stereocenters. The molecule has 2 aromatic carbocycles. The van der Waals surface area contributed by atoms with E-state index < -0.39 is 0 Å². The van der Waals surface area contributed by atoms with E-state index in [0.29, 0.717) is 19.7 Å². The number of fused-ring (bicyclic) bond motifs is 1. The van der Waals surface area contributed by atoms with Crippen LogP contribution in [0.15, 0.2) is 54.7 Å². The Kier molecular flexibility index (Phi) is 6.24. The minimum atomic E-state index is -0.174. The van der Waals surface area contributed by atoms with Crippen molar-refractivity contribution in [2.24, 2.45) is 0 Å². The topological polar surface area (TPSA) is 66.2 Å². The highest BCUT2D eigenvalue weighted by Crippen LogP contribution is 2.25. The molecule has 0 aliphatic rings. The number of hydrogen-bond donors (Lipinski definition) is 3. The van der Waals surface area contributed by atoms with Crippen molar-refractivity contribution < 1.29 is 9.53 Å². The maximum Gasteiger partial charge on any atom is 0.314 e. The summed E-state index contributed by atoms with van der Waals surface area (Å²) in [4.78, 5) is 15.2. The molecule has 0 aliphatic carbocycles. The van der Waals surface area contributed by atoms with E-state index in [1.165, 1.54) is 16.5 Å². The Morgan fingerprint density at radius 2 is 1.82 bits per heavy atom. The number of urea groups is 1. The second kappa shape index (κ2) is 8.83. The number of carbonyl (C=O) groups excluding carboxylic acids is 1. The number of para-hydroxylation sites is 1. The van der Waals surface area contributed by atoms with E-state index in [-0.39, 0.29) is 11.4 Å². The maximum absolute atomic E-state index is 11.9. The highest BCUT2D eigenvalue weighted by molar-refractivity contribution is 5.83. The van der Waals surface area contributed by atoms with Crippen molar-refractivity contribution >= 4 is 16.9 Å². The van der Waals surface area contributed by atoms with Gasteiger partial charge in [0.05, 0.1) is 6.54 Å². The van der Waals surface area contributed by atoms with Crippen LogP contribution in [-0.4, -0.2) is 30.7 Å². The Morgan fingerprint density at radius 1 is 1.04 bits per heavy atom. The maximum atomic E-state index is 11.9. The lowest BCUT2D eigenvalue weighted by molar-refractivity contribution is 0.236. The average Bonchev–Trinajstić information content (AvgIpc) is 3.08. The van der Waals surface area contributed by atoms with E-state index in [0.717, 1.165) is 17.7 Å². The van der Waals surface area contributed by atoms with Crippen LogP contribution in [-0.2, 0) is 11.8 Å². The molecule has 2 amide bonds. The second-order valence-electron chi connectivity index (χ2n) is 7.92. The number of amides is 2. The zero-order chi connectivity index (χ0) is 20.0. The smallest absolute Gasteiger partial charge is 0.314 e. The van der Waals surface area contributed by atoms with Gasteiger partial charge in [-0.1, -0.05) is 51.1 Å². The minimum absolute atomic E-state index is 0.0856. The van der Waals surface area contributed by atoms with Crippen molar-refractivity contribution in [3.8, 4) is 5.75 Å². The van der Waals surface area contributed by atoms with Gasteiger partial charge in [0.1, 0.15) is 12.4 Å². The van der Waals surface area contributed by atoms with Gasteiger partial charge in [-0.2, -0.15) is 0 Å². The summed E-state index contributed by atoms with van der Waals surface area (Å²) in [5.74, 6) is 0.828. The molecule has 0 bridgehead atoms. The fourth-order valence-corrected chi connectivity index (χ4v) is 3.10. The molecule has 0 radical (unpaired) electrons. The third-order valence-corrected chi connectivity index (χ3v) is 4.71. The van der Waals surface area contributed by atoms with Gasteiger partial charge in [-0.05, 0) is 41.2 Å². The molecule has 148 valence electrons. The molecule has 0 unspecified atom stereocenters. The number of aromatic nitrogens is 1. The number of ether oxygens (including phenoxy) is 1. The normalized spacial score (nSPS) is 11.4. The van der Waals surface area contributed by atoms with Crippen molar-refractivity contribution in [1.29, 1.82) is 0 Å². The summed E-state index contributed by atoms with van der Waals surface area (Å²) in [6, 6.07) is 16.1. The zero-order valence-electron chi connectivity index (χ0n) is 16.8. The van der Waals surface area contributed by atoms with Crippen LogP contribution < -0.4 is 15.4 Å². The number of rotatable bonds is 7. The fourth-order valence-electron chi connectivity index (χ4n) is 3.10. The lowest BCUT2D eigenvalue weighted by Gasteiger charge is -2.19. The van der Waals surface area contributed by atoms with Gasteiger partial charge in [0, 0.05) is 23.6 Å². The van der Waals surface area contributed by atoms with E-state index >= 15 is 0 Å². The molecule has 0 aliphatic heterocycles. The first-order valence-electron chi connectivity index (χ1n) is 9.73. The summed E-state index contributed by atoms with van der Waals surface area (Å²) in [5, 5.41) is 6.93. The standard InChI is InChI=1S/C23H29N3O2/c1-23(2,3)18-7-6-8-19(15-18)28-14-13-25-22(27)24-12-11-17-16-26-21-10-5-4-9-20(17)21/h4-10,15-16,26H,11-14H2,1-3H3,(H2,24,25,27). The van der Waals surface area contributed by atoms with Crippen molar-refractivity contribution in [3.63, 3.8) is 0 Å². The Hall–Kier alpha value is -2.95. The summed E-state index contributed by atoms with van der Waals surface area (Å²) < 4.78 is 5.76. The molecule has 1 aromatic heterocycles. The lowest BCUT2D eigenvalue weighted by Crippen LogP contribution is -2.38. The Labute approximate surface area is 166 Å². The van der Waals surface area contributed by atoms with Crippen molar-refractivity contribution in [1.82, 2.24) is 15.6 Å². The Balaban J connectivity index is 1.36. The molecular weight excluding hydrogens is 350 g/mol. The van der Waals surface area contributed by atoms with Crippen LogP contribution in [0.1, 0.15) is 31.9 Å². The largest absolute Gasteiger partial charge is 0.492 e. The zero-order valence-corrected chi connectivity index (χ0v) is 16.8. The van der Waals surface area contributed by atoms with Gasteiger partial charge in [-0.3, -0.25) is 0 Å². The number of carbonyl (C=O) groups is 1. The highest BCUT2D eigenvalue weighted by Gasteiger charge is 2.13. The molecule has 0 spiro atoms. The molecule has 5 nitrogen and oxygen atoms in total. The predicted octanol–water partition coefficient (Wildman–Crippen LogP) is 4.39. The number of hydrogen-bond acceptors (Lipinski definition) is 2. The van der Waals surface area contributed by atoms with E-state index in [1.54, 1.807) is 0 Å². The first kappa shape index (κ1) is 19.8. The van der Waals surface area contributed by atoms with Gasteiger partial charge >= 0.3 is 6.03 Å². The van der Waals surface area contributed by atoms with Crippen LogP contribution in [0, 0.1) is 0 Å². The molecule has 0 saturated heterocycles. The summed E-state index contributed by atoms with van der Waals surface area (Å²) in [5.41, 5.74) is 3.64. The molecule has 28 heavy (non-hydrogen) atoms. The van der Waals surface area contributed by atoms with E-state index in [4.69, 9.17) is 4.74 Å². The fraction of sp³-hybridized carbons (Fsp3) is 0.348. The monoisotopic (exact) mass is 379 g/mol. The number of benzene rings is 2. The van der Waals surface area contributed by atoms with Gasteiger partial charge in [0.15, 0.2) is 0 Å². The van der Waals surface area contributed by atoms with Crippen molar-refractivity contribution in [2.45, 2.75) is 32.6 Å². The van der Waals surface area contributed by atoms with Gasteiger partial charge < -0.3 is 20.4 Å². The van der Waals surface area contributed by atoms with Crippen LogP contribution in [0.5, 0.6) is 5.75 Å². The van der Waals surface area contributed by atoms with Gasteiger partial charge in [-0.15, -0.1) is 0 Å². The third kappa shape index (κ3) is 5.28. The predicted molar refractivity (Wildman–Crippen MR) is 114 cm³/mol. The molecule has 3 N–H and O–H groups in total. The molecule has 0 saturated carbocycles. The van der Waals surface area contributed by atoms with Gasteiger partial charge in [0.25, 0.3) is 0 Å². The molecule has 5 heteroatoms. The summed E-state index contributed by atoms with van der Waals surface area (Å²) >= 11 is 0. The SMILES string of the molecule is CC(C)(C)c1cccc(OCCNC(=O)NCCc2c[nH]c3ccccc23)c1. The number of H-pyrrole nitrogens is 1. The van der Waals surface area contributed by atoms with E-state index in [1.807, 2.05) is 30.5 Å². The summed E-state index contributed by atoms with van der Waals surface area (Å²) in [7, 11) is 0. The van der Waals surface area contributed by atoms with Gasteiger partial charge in [-0.25, -0.2) is 4.79 Å². The highest BCUT2D eigenvalue weighted by atomic mass is 16.5. The first-order valence-corrected chi connectivity index (χ1v) is 9.73.